The van der Waals surface area contributed by atoms with Crippen molar-refractivity contribution in [1.29, 1.82) is 5.26 Å². The highest BCUT2D eigenvalue weighted by molar-refractivity contribution is 5.91. The number of anilines is 1. The zero-order valence-electron chi connectivity index (χ0n) is 9.61. The Morgan fingerprint density at radius 3 is 2.94 bits per heavy atom. The lowest BCUT2D eigenvalue weighted by atomic mass is 10.2. The van der Waals surface area contributed by atoms with Crippen molar-refractivity contribution in [3.05, 3.63) is 18.1 Å². The molecule has 0 radical (unpaired) electrons. The smallest absolute Gasteiger partial charge is 0.146 e. The molecule has 7 nitrogen and oxygen atoms in total. The lowest BCUT2D eigenvalue weighted by Crippen LogP contribution is -2.17. The topological polar surface area (TPSA) is 121 Å². The third-order valence-corrected chi connectivity index (χ3v) is 2.67. The number of hydrogen-bond acceptors (Lipinski definition) is 6. The molecular formula is C11H13N5O2. The van der Waals surface area contributed by atoms with Crippen molar-refractivity contribution in [2.45, 2.75) is 19.1 Å². The molecule has 0 aliphatic heterocycles. The van der Waals surface area contributed by atoms with Gasteiger partial charge in [-0.05, 0) is 6.42 Å². The molecule has 0 aliphatic rings. The molecule has 7 heteroatoms. The molecule has 0 fully saturated rings. The van der Waals surface area contributed by atoms with Crippen molar-refractivity contribution in [3.63, 3.8) is 0 Å². The van der Waals surface area contributed by atoms with Gasteiger partial charge in [0.1, 0.15) is 23.9 Å². The van der Waals surface area contributed by atoms with Gasteiger partial charge in [0.2, 0.25) is 0 Å². The lowest BCUT2D eigenvalue weighted by Gasteiger charge is -2.10. The Kier molecular flexibility index (Phi) is 3.41. The fourth-order valence-corrected chi connectivity index (χ4v) is 1.84. The summed E-state index contributed by atoms with van der Waals surface area (Å²) >= 11 is 0. The van der Waals surface area contributed by atoms with E-state index in [0.29, 0.717) is 16.6 Å². The van der Waals surface area contributed by atoms with Crippen molar-refractivity contribution in [3.8, 4) is 6.07 Å². The molecule has 1 unspecified atom stereocenters. The number of nitriles is 1. The van der Waals surface area contributed by atoms with Gasteiger partial charge in [-0.25, -0.2) is 9.97 Å². The zero-order valence-corrected chi connectivity index (χ0v) is 9.61. The van der Waals surface area contributed by atoms with Crippen molar-refractivity contribution in [2.75, 3.05) is 12.3 Å². The summed E-state index contributed by atoms with van der Waals surface area (Å²) in [7, 11) is 0. The molecule has 0 bridgehead atoms. The second-order valence-corrected chi connectivity index (χ2v) is 3.93. The lowest BCUT2D eigenvalue weighted by molar-refractivity contribution is 0.118. The van der Waals surface area contributed by atoms with Crippen LogP contribution in [0.5, 0.6) is 0 Å². The first-order valence-corrected chi connectivity index (χ1v) is 5.45. The van der Waals surface area contributed by atoms with E-state index in [2.05, 4.69) is 9.97 Å². The summed E-state index contributed by atoms with van der Waals surface area (Å²) in [6, 6.07) is 2.02. The molecule has 0 aliphatic carbocycles. The van der Waals surface area contributed by atoms with Gasteiger partial charge < -0.3 is 20.5 Å². The quantitative estimate of drug-likeness (QED) is 0.677. The molecule has 0 saturated heterocycles. The minimum atomic E-state index is -0.701. The Bertz CT molecular complexity index is 601. The van der Waals surface area contributed by atoms with Crippen molar-refractivity contribution in [2.24, 2.45) is 0 Å². The Labute approximate surface area is 103 Å². The monoisotopic (exact) mass is 247 g/mol. The molecule has 4 N–H and O–H groups in total. The van der Waals surface area contributed by atoms with Crippen molar-refractivity contribution in [1.82, 2.24) is 14.5 Å². The first kappa shape index (κ1) is 12.3. The number of aliphatic hydroxyl groups excluding tert-OH is 2. The van der Waals surface area contributed by atoms with Gasteiger partial charge in [-0.15, -0.1) is 0 Å². The molecule has 1 atom stereocenters. The first-order valence-electron chi connectivity index (χ1n) is 5.45. The Morgan fingerprint density at radius 1 is 1.50 bits per heavy atom. The number of nitrogens with zero attached hydrogens (tertiary/aromatic N) is 4. The maximum atomic E-state index is 9.67. The van der Waals surface area contributed by atoms with Crippen molar-refractivity contribution < 1.29 is 10.2 Å². The van der Waals surface area contributed by atoms with Crippen LogP contribution in [0.4, 0.5) is 5.82 Å². The molecule has 2 heterocycles. The summed E-state index contributed by atoms with van der Waals surface area (Å²) in [4.78, 5) is 7.92. The fourth-order valence-electron chi connectivity index (χ4n) is 1.84. The van der Waals surface area contributed by atoms with Gasteiger partial charge in [-0.3, -0.25) is 0 Å². The highest BCUT2D eigenvalue weighted by atomic mass is 16.3. The summed E-state index contributed by atoms with van der Waals surface area (Å²) in [6.07, 6.45) is 2.46. The summed E-state index contributed by atoms with van der Waals surface area (Å²) < 4.78 is 1.65. The molecule has 2 aromatic rings. The Balaban J connectivity index is 2.46. The van der Waals surface area contributed by atoms with Crippen LogP contribution in [-0.2, 0) is 6.54 Å². The minimum Gasteiger partial charge on any atom is -0.396 e. The molecule has 18 heavy (non-hydrogen) atoms. The maximum Gasteiger partial charge on any atom is 0.146 e. The molecule has 94 valence electrons. The van der Waals surface area contributed by atoms with Crippen LogP contribution in [0.2, 0.25) is 0 Å². The third kappa shape index (κ3) is 2.11. The van der Waals surface area contributed by atoms with Crippen LogP contribution in [0.1, 0.15) is 12.0 Å². The van der Waals surface area contributed by atoms with Crippen molar-refractivity contribution >= 4 is 16.9 Å². The van der Waals surface area contributed by atoms with E-state index in [0.717, 1.165) is 0 Å². The van der Waals surface area contributed by atoms with Crippen LogP contribution in [0.15, 0.2) is 12.5 Å². The van der Waals surface area contributed by atoms with Gasteiger partial charge in [0.25, 0.3) is 0 Å². The van der Waals surface area contributed by atoms with E-state index in [4.69, 9.17) is 16.1 Å². The average Bonchev–Trinajstić information content (AvgIpc) is 2.69. The van der Waals surface area contributed by atoms with Gasteiger partial charge in [-0.2, -0.15) is 5.26 Å². The summed E-state index contributed by atoms with van der Waals surface area (Å²) in [6.45, 7) is 0.151. The highest BCUT2D eigenvalue weighted by Crippen LogP contribution is 2.23. The summed E-state index contributed by atoms with van der Waals surface area (Å²) in [5.74, 6) is 0.243. The maximum absolute atomic E-state index is 9.67. The minimum absolute atomic E-state index is 0.0946. The number of aromatic nitrogens is 3. The zero-order chi connectivity index (χ0) is 13.1. The van der Waals surface area contributed by atoms with E-state index in [1.54, 1.807) is 10.8 Å². The predicted molar refractivity (Wildman–Crippen MR) is 64.4 cm³/mol. The average molecular weight is 247 g/mol. The van der Waals surface area contributed by atoms with Gasteiger partial charge >= 0.3 is 0 Å². The number of nitrogen functional groups attached to an aromatic ring is 1. The third-order valence-electron chi connectivity index (χ3n) is 2.67. The summed E-state index contributed by atoms with van der Waals surface area (Å²) in [5, 5.41) is 28.0. The first-order chi connectivity index (χ1) is 8.67. The van der Waals surface area contributed by atoms with E-state index < -0.39 is 6.10 Å². The van der Waals surface area contributed by atoms with Gasteiger partial charge in [0.05, 0.1) is 23.6 Å². The molecular weight excluding hydrogens is 234 g/mol. The predicted octanol–water partition coefficient (Wildman–Crippen LogP) is -0.372. The molecule has 0 amide bonds. The second kappa shape index (κ2) is 5.00. The van der Waals surface area contributed by atoms with E-state index in [1.165, 1.54) is 6.33 Å². The second-order valence-electron chi connectivity index (χ2n) is 3.93. The van der Waals surface area contributed by atoms with E-state index >= 15 is 0 Å². The van der Waals surface area contributed by atoms with Crippen LogP contribution in [0, 0.1) is 11.3 Å². The molecule has 0 saturated carbocycles. The van der Waals surface area contributed by atoms with Crippen LogP contribution in [0.3, 0.4) is 0 Å². The Morgan fingerprint density at radius 2 is 2.28 bits per heavy atom. The number of hydrogen-bond donors (Lipinski definition) is 3. The van der Waals surface area contributed by atoms with Gasteiger partial charge in [0, 0.05) is 12.8 Å². The van der Waals surface area contributed by atoms with E-state index in [-0.39, 0.29) is 25.4 Å². The normalized spacial score (nSPS) is 12.5. The van der Waals surface area contributed by atoms with Crippen LogP contribution < -0.4 is 5.73 Å². The fraction of sp³-hybridized carbons (Fsp3) is 0.364. The van der Waals surface area contributed by atoms with E-state index in [9.17, 15) is 5.11 Å². The highest BCUT2D eigenvalue weighted by Gasteiger charge is 2.15. The molecule has 2 aromatic heterocycles. The Hall–Kier alpha value is -2.17. The standard InChI is InChI=1S/C11H13N5O2/c12-3-7-4-16(5-8(18)1-2-17)11-9(7)10(13)14-6-15-11/h4,6,8,17-18H,1-2,5H2,(H2,13,14,15). The van der Waals surface area contributed by atoms with Crippen LogP contribution in [-0.4, -0.2) is 37.5 Å². The number of rotatable bonds is 4. The molecule has 0 spiro atoms. The number of nitrogens with two attached hydrogens (primary N) is 1. The largest absolute Gasteiger partial charge is 0.396 e. The molecule has 0 aromatic carbocycles. The van der Waals surface area contributed by atoms with Crippen LogP contribution >= 0.6 is 0 Å². The summed E-state index contributed by atoms with van der Waals surface area (Å²) in [5.41, 5.74) is 6.60. The SMILES string of the molecule is N#Cc1cn(CC(O)CCO)c2ncnc(N)c12. The van der Waals surface area contributed by atoms with Crippen LogP contribution in [0.25, 0.3) is 11.0 Å². The molecule has 2 rings (SSSR count). The number of fused-ring (bicyclic) bond motifs is 1. The van der Waals surface area contributed by atoms with E-state index in [1.807, 2.05) is 6.07 Å². The van der Waals surface area contributed by atoms with Gasteiger partial charge in [-0.1, -0.05) is 0 Å². The number of aliphatic hydroxyl groups is 2. The van der Waals surface area contributed by atoms with Gasteiger partial charge in [0.15, 0.2) is 0 Å².